The zero-order valence-corrected chi connectivity index (χ0v) is 11.7. The average molecular weight is 282 g/mol. The summed E-state index contributed by atoms with van der Waals surface area (Å²) in [6, 6.07) is -1.31. The molecule has 8 heteroatoms. The van der Waals surface area contributed by atoms with Gasteiger partial charge in [0.25, 0.3) is 0 Å². The number of anilines is 1. The monoisotopic (exact) mass is 282 g/mol. The van der Waals surface area contributed by atoms with E-state index in [0.29, 0.717) is 17.8 Å². The molecule has 2 amide bonds. The zero-order chi connectivity index (χ0) is 14.9. The first-order chi connectivity index (χ1) is 9.42. The van der Waals surface area contributed by atoms with Gasteiger partial charge in [0.05, 0.1) is 17.5 Å². The van der Waals surface area contributed by atoms with Gasteiger partial charge in [0.2, 0.25) is 0 Å². The Morgan fingerprint density at radius 3 is 2.75 bits per heavy atom. The first-order valence-electron chi connectivity index (χ1n) is 6.25. The molecular formula is C12H18N4O4. The van der Waals surface area contributed by atoms with Gasteiger partial charge in [0.1, 0.15) is 6.04 Å². The number of aromatic nitrogens is 2. The van der Waals surface area contributed by atoms with E-state index in [0.717, 1.165) is 0 Å². The molecule has 2 unspecified atom stereocenters. The number of hydrogen-bond acceptors (Lipinski definition) is 4. The minimum atomic E-state index is -1.03. The minimum absolute atomic E-state index is 0.253. The highest BCUT2D eigenvalue weighted by atomic mass is 16.5. The van der Waals surface area contributed by atoms with Gasteiger partial charge in [-0.3, -0.25) is 4.68 Å². The van der Waals surface area contributed by atoms with Crippen LogP contribution < -0.4 is 5.32 Å². The van der Waals surface area contributed by atoms with E-state index >= 15 is 0 Å². The molecule has 2 atom stereocenters. The summed E-state index contributed by atoms with van der Waals surface area (Å²) in [5.74, 6) is -1.03. The van der Waals surface area contributed by atoms with Gasteiger partial charge in [-0.2, -0.15) is 5.10 Å². The molecule has 20 heavy (non-hydrogen) atoms. The van der Waals surface area contributed by atoms with Crippen molar-refractivity contribution in [2.75, 3.05) is 19.0 Å². The summed E-state index contributed by atoms with van der Waals surface area (Å²) in [7, 11) is 3.26. The lowest BCUT2D eigenvalue weighted by molar-refractivity contribution is -0.141. The summed E-state index contributed by atoms with van der Waals surface area (Å²) in [6.45, 7) is 2.03. The molecule has 2 rings (SSSR count). The topological polar surface area (TPSA) is 96.7 Å². The summed E-state index contributed by atoms with van der Waals surface area (Å²) in [4.78, 5) is 24.7. The molecule has 0 aliphatic carbocycles. The highest BCUT2D eigenvalue weighted by molar-refractivity contribution is 5.93. The fourth-order valence-corrected chi connectivity index (χ4v) is 2.34. The number of amides is 2. The van der Waals surface area contributed by atoms with Crippen LogP contribution in [0.5, 0.6) is 0 Å². The molecule has 0 radical (unpaired) electrons. The van der Waals surface area contributed by atoms with Crippen LogP contribution in [0.15, 0.2) is 6.20 Å². The number of carbonyl (C=O) groups is 2. The van der Waals surface area contributed by atoms with Crippen molar-refractivity contribution < 1.29 is 19.4 Å². The van der Waals surface area contributed by atoms with Crippen LogP contribution in [0.1, 0.15) is 12.1 Å². The number of ether oxygens (including phenoxy) is 1. The van der Waals surface area contributed by atoms with Crippen molar-refractivity contribution in [3.8, 4) is 0 Å². The van der Waals surface area contributed by atoms with Crippen LogP contribution in [0.25, 0.3) is 0 Å². The van der Waals surface area contributed by atoms with E-state index in [-0.39, 0.29) is 12.6 Å². The third-order valence-electron chi connectivity index (χ3n) is 3.40. The summed E-state index contributed by atoms with van der Waals surface area (Å²) in [5.41, 5.74) is 1.25. The number of nitrogens with one attached hydrogen (secondary N) is 1. The van der Waals surface area contributed by atoms with Gasteiger partial charge in [-0.1, -0.05) is 0 Å². The lowest BCUT2D eigenvalue weighted by Crippen LogP contribution is -2.43. The Hall–Kier alpha value is -2.09. The first-order valence-corrected chi connectivity index (χ1v) is 6.25. The van der Waals surface area contributed by atoms with Crippen molar-refractivity contribution in [2.45, 2.75) is 25.5 Å². The van der Waals surface area contributed by atoms with Crippen LogP contribution in [0.2, 0.25) is 0 Å². The van der Waals surface area contributed by atoms with E-state index < -0.39 is 18.0 Å². The molecule has 1 saturated heterocycles. The average Bonchev–Trinajstić information content (AvgIpc) is 2.93. The van der Waals surface area contributed by atoms with Crippen molar-refractivity contribution in [2.24, 2.45) is 7.05 Å². The second-order valence-electron chi connectivity index (χ2n) is 4.83. The largest absolute Gasteiger partial charge is 0.480 e. The van der Waals surface area contributed by atoms with Gasteiger partial charge in [0.15, 0.2) is 0 Å². The number of carbonyl (C=O) groups excluding carboxylic acids is 1. The van der Waals surface area contributed by atoms with Crippen molar-refractivity contribution in [3.05, 3.63) is 11.9 Å². The predicted molar refractivity (Wildman–Crippen MR) is 70.5 cm³/mol. The van der Waals surface area contributed by atoms with Gasteiger partial charge in [-0.05, 0) is 6.92 Å². The fraction of sp³-hybridized carbons (Fsp3) is 0.583. The predicted octanol–water partition coefficient (Wildman–Crippen LogP) is 0.434. The van der Waals surface area contributed by atoms with Crippen LogP contribution in [-0.4, -0.2) is 57.6 Å². The van der Waals surface area contributed by atoms with E-state index in [1.165, 1.54) is 12.0 Å². The molecule has 0 aromatic carbocycles. The normalized spacial score (nSPS) is 22.1. The maximum atomic E-state index is 12.2. The summed E-state index contributed by atoms with van der Waals surface area (Å²) in [5, 5.41) is 16.0. The maximum absolute atomic E-state index is 12.2. The van der Waals surface area contributed by atoms with Crippen LogP contribution in [-0.2, 0) is 16.6 Å². The fourth-order valence-electron chi connectivity index (χ4n) is 2.34. The van der Waals surface area contributed by atoms with E-state index in [1.807, 2.05) is 0 Å². The quantitative estimate of drug-likeness (QED) is 0.838. The lowest BCUT2D eigenvalue weighted by Gasteiger charge is -2.21. The van der Waals surface area contributed by atoms with E-state index in [2.05, 4.69) is 10.4 Å². The van der Waals surface area contributed by atoms with Gasteiger partial charge in [-0.15, -0.1) is 0 Å². The van der Waals surface area contributed by atoms with E-state index in [4.69, 9.17) is 4.74 Å². The molecule has 2 N–H and O–H groups in total. The Labute approximate surface area is 116 Å². The Bertz CT molecular complexity index is 528. The molecule has 8 nitrogen and oxygen atoms in total. The number of carboxylic acids is 1. The van der Waals surface area contributed by atoms with Crippen molar-refractivity contribution in [3.63, 3.8) is 0 Å². The third kappa shape index (κ3) is 2.74. The number of aryl methyl sites for hydroxylation is 2. The molecule has 1 aromatic heterocycles. The standard InChI is InChI=1S/C12H18N4O4/c1-7-9(6-15(2)14-7)13-12(19)16-5-8(20-3)4-10(16)11(17)18/h6,8,10H,4-5H2,1-3H3,(H,13,19)(H,17,18). The van der Waals surface area contributed by atoms with Gasteiger partial charge in [0, 0.05) is 33.3 Å². The van der Waals surface area contributed by atoms with Crippen molar-refractivity contribution in [1.29, 1.82) is 0 Å². The Kier molecular flexibility index (Phi) is 3.93. The number of hydrogen-bond donors (Lipinski definition) is 2. The summed E-state index contributed by atoms with van der Waals surface area (Å²) in [6.07, 6.45) is 1.72. The highest BCUT2D eigenvalue weighted by Gasteiger charge is 2.40. The molecule has 0 bridgehead atoms. The molecule has 1 aliphatic heterocycles. The second kappa shape index (κ2) is 5.49. The molecule has 0 saturated carbocycles. The molecule has 0 spiro atoms. The van der Waals surface area contributed by atoms with Crippen LogP contribution in [0.4, 0.5) is 10.5 Å². The molecule has 1 fully saturated rings. The minimum Gasteiger partial charge on any atom is -0.480 e. The van der Waals surface area contributed by atoms with Crippen LogP contribution in [0.3, 0.4) is 0 Å². The van der Waals surface area contributed by atoms with Gasteiger partial charge in [-0.25, -0.2) is 9.59 Å². The summed E-state index contributed by atoms with van der Waals surface area (Å²) < 4.78 is 6.73. The maximum Gasteiger partial charge on any atom is 0.326 e. The van der Waals surface area contributed by atoms with E-state index in [1.54, 1.807) is 24.9 Å². The molecular weight excluding hydrogens is 264 g/mol. The lowest BCUT2D eigenvalue weighted by atomic mass is 10.2. The number of urea groups is 1. The summed E-state index contributed by atoms with van der Waals surface area (Å²) >= 11 is 0. The van der Waals surface area contributed by atoms with Crippen LogP contribution >= 0.6 is 0 Å². The van der Waals surface area contributed by atoms with Gasteiger partial charge < -0.3 is 20.1 Å². The zero-order valence-electron chi connectivity index (χ0n) is 11.7. The number of likely N-dealkylation sites (tertiary alicyclic amines) is 1. The molecule has 1 aliphatic rings. The molecule has 2 heterocycles. The second-order valence-corrected chi connectivity index (χ2v) is 4.83. The van der Waals surface area contributed by atoms with Crippen molar-refractivity contribution in [1.82, 2.24) is 14.7 Å². The Morgan fingerprint density at radius 2 is 2.25 bits per heavy atom. The van der Waals surface area contributed by atoms with Crippen LogP contribution in [0, 0.1) is 6.92 Å². The Balaban J connectivity index is 2.11. The number of carboxylic acid groups (broad SMARTS) is 1. The SMILES string of the molecule is COC1CC(C(=O)O)N(C(=O)Nc2cn(C)nc2C)C1. The van der Waals surface area contributed by atoms with Gasteiger partial charge >= 0.3 is 12.0 Å². The van der Waals surface area contributed by atoms with E-state index in [9.17, 15) is 14.7 Å². The number of methoxy groups -OCH3 is 1. The third-order valence-corrected chi connectivity index (χ3v) is 3.40. The number of aliphatic carboxylic acids is 1. The smallest absolute Gasteiger partial charge is 0.326 e. The number of nitrogens with zero attached hydrogens (tertiary/aromatic N) is 3. The van der Waals surface area contributed by atoms with Crippen molar-refractivity contribution >= 4 is 17.7 Å². The highest BCUT2D eigenvalue weighted by Crippen LogP contribution is 2.22. The first kappa shape index (κ1) is 14.3. The number of rotatable bonds is 3. The Morgan fingerprint density at radius 1 is 1.55 bits per heavy atom. The molecule has 110 valence electrons. The molecule has 1 aromatic rings.